The van der Waals surface area contributed by atoms with Crippen molar-refractivity contribution in [2.75, 3.05) is 26.2 Å². The third-order valence-corrected chi connectivity index (χ3v) is 5.20. The standard InChI is InChI=1S/C15H16BrClN2O2/c16-12-4-3-11(9-13(12)17)15(21)19-7-5-18(6-8-19)14(20)10-1-2-10/h3-4,9-10H,1-2,5-8H2. The summed E-state index contributed by atoms with van der Waals surface area (Å²) >= 11 is 9.35. The smallest absolute Gasteiger partial charge is 0.254 e. The van der Waals surface area contributed by atoms with Crippen LogP contribution in [0.2, 0.25) is 5.02 Å². The molecule has 1 aliphatic heterocycles. The molecular formula is C15H16BrClN2O2. The zero-order chi connectivity index (χ0) is 15.0. The van der Waals surface area contributed by atoms with Crippen LogP contribution >= 0.6 is 27.5 Å². The molecule has 0 unspecified atom stereocenters. The van der Waals surface area contributed by atoms with Crippen molar-refractivity contribution in [2.24, 2.45) is 5.92 Å². The highest BCUT2D eigenvalue weighted by atomic mass is 79.9. The Bertz CT molecular complexity index is 581. The molecular weight excluding hydrogens is 356 g/mol. The molecule has 2 aliphatic rings. The van der Waals surface area contributed by atoms with Crippen LogP contribution in [0.3, 0.4) is 0 Å². The fourth-order valence-corrected chi connectivity index (χ4v) is 2.96. The zero-order valence-electron chi connectivity index (χ0n) is 11.5. The first kappa shape index (κ1) is 14.9. The number of hydrogen-bond donors (Lipinski definition) is 0. The first-order chi connectivity index (χ1) is 10.1. The van der Waals surface area contributed by atoms with Crippen LogP contribution in [0.15, 0.2) is 22.7 Å². The van der Waals surface area contributed by atoms with E-state index in [-0.39, 0.29) is 17.7 Å². The number of carbonyl (C=O) groups is 2. The number of rotatable bonds is 2. The Morgan fingerprint density at radius 2 is 1.71 bits per heavy atom. The molecule has 0 radical (unpaired) electrons. The summed E-state index contributed by atoms with van der Waals surface area (Å²) in [5, 5.41) is 0.531. The Balaban J connectivity index is 1.61. The molecule has 0 aromatic heterocycles. The Hall–Kier alpha value is -1.07. The Morgan fingerprint density at radius 1 is 1.10 bits per heavy atom. The fraction of sp³-hybridized carbons (Fsp3) is 0.467. The number of hydrogen-bond acceptors (Lipinski definition) is 2. The number of nitrogens with zero attached hydrogens (tertiary/aromatic N) is 2. The van der Waals surface area contributed by atoms with Crippen LogP contribution in [0.5, 0.6) is 0 Å². The highest BCUT2D eigenvalue weighted by Gasteiger charge is 2.35. The van der Waals surface area contributed by atoms with E-state index >= 15 is 0 Å². The average molecular weight is 372 g/mol. The first-order valence-corrected chi connectivity index (χ1v) is 8.26. The molecule has 3 rings (SSSR count). The topological polar surface area (TPSA) is 40.6 Å². The second-order valence-corrected chi connectivity index (χ2v) is 6.78. The number of halogens is 2. The molecule has 1 aromatic rings. The van der Waals surface area contributed by atoms with Crippen molar-refractivity contribution in [2.45, 2.75) is 12.8 Å². The van der Waals surface area contributed by atoms with Crippen molar-refractivity contribution in [1.82, 2.24) is 9.80 Å². The van der Waals surface area contributed by atoms with E-state index in [1.807, 2.05) is 4.90 Å². The molecule has 2 amide bonds. The van der Waals surface area contributed by atoms with Crippen LogP contribution in [-0.4, -0.2) is 47.8 Å². The summed E-state index contributed by atoms with van der Waals surface area (Å²) in [5.41, 5.74) is 0.588. The van der Waals surface area contributed by atoms with Gasteiger partial charge >= 0.3 is 0 Å². The molecule has 1 saturated heterocycles. The van der Waals surface area contributed by atoms with Gasteiger partial charge in [0.1, 0.15) is 0 Å². The van der Waals surface area contributed by atoms with Crippen LogP contribution in [0.25, 0.3) is 0 Å². The van der Waals surface area contributed by atoms with Gasteiger partial charge in [0.2, 0.25) is 5.91 Å². The van der Waals surface area contributed by atoms with E-state index in [9.17, 15) is 9.59 Å². The zero-order valence-corrected chi connectivity index (χ0v) is 13.9. The molecule has 2 fully saturated rings. The third kappa shape index (κ3) is 3.24. The minimum Gasteiger partial charge on any atom is -0.339 e. The molecule has 0 N–H and O–H groups in total. The maximum absolute atomic E-state index is 12.4. The van der Waals surface area contributed by atoms with Gasteiger partial charge in [0.25, 0.3) is 5.91 Å². The minimum atomic E-state index is -0.0251. The van der Waals surface area contributed by atoms with E-state index in [0.29, 0.717) is 36.8 Å². The van der Waals surface area contributed by atoms with Crippen LogP contribution in [0.1, 0.15) is 23.2 Å². The first-order valence-electron chi connectivity index (χ1n) is 7.09. The summed E-state index contributed by atoms with van der Waals surface area (Å²) < 4.78 is 0.778. The van der Waals surface area contributed by atoms with Gasteiger partial charge in [-0.05, 0) is 47.0 Å². The second kappa shape index (κ2) is 5.97. The van der Waals surface area contributed by atoms with E-state index in [1.165, 1.54) is 0 Å². The lowest BCUT2D eigenvalue weighted by atomic mass is 10.1. The third-order valence-electron chi connectivity index (χ3n) is 3.97. The molecule has 21 heavy (non-hydrogen) atoms. The Morgan fingerprint density at radius 3 is 2.29 bits per heavy atom. The van der Waals surface area contributed by atoms with Crippen molar-refractivity contribution in [3.63, 3.8) is 0 Å². The number of piperazine rings is 1. The highest BCUT2D eigenvalue weighted by Crippen LogP contribution is 2.31. The maximum atomic E-state index is 12.4. The van der Waals surface area contributed by atoms with Gasteiger partial charge in [0.15, 0.2) is 0 Å². The molecule has 1 heterocycles. The average Bonchev–Trinajstić information content (AvgIpc) is 3.33. The van der Waals surface area contributed by atoms with Gasteiger partial charge in [-0.25, -0.2) is 0 Å². The molecule has 1 aliphatic carbocycles. The summed E-state index contributed by atoms with van der Waals surface area (Å²) in [4.78, 5) is 28.1. The molecule has 1 saturated carbocycles. The molecule has 6 heteroatoms. The predicted molar refractivity (Wildman–Crippen MR) is 84.4 cm³/mol. The summed E-state index contributed by atoms with van der Waals surface area (Å²) in [6.07, 6.45) is 2.05. The van der Waals surface area contributed by atoms with Crippen molar-refractivity contribution >= 4 is 39.3 Å². The van der Waals surface area contributed by atoms with E-state index in [1.54, 1.807) is 23.1 Å². The van der Waals surface area contributed by atoms with Gasteiger partial charge in [0.05, 0.1) is 5.02 Å². The van der Waals surface area contributed by atoms with Gasteiger partial charge in [-0.3, -0.25) is 9.59 Å². The van der Waals surface area contributed by atoms with E-state index in [0.717, 1.165) is 17.3 Å². The van der Waals surface area contributed by atoms with Gasteiger partial charge in [-0.2, -0.15) is 0 Å². The second-order valence-electron chi connectivity index (χ2n) is 5.52. The molecule has 0 atom stereocenters. The van der Waals surface area contributed by atoms with E-state index in [4.69, 9.17) is 11.6 Å². The van der Waals surface area contributed by atoms with Gasteiger partial charge in [0, 0.05) is 42.1 Å². The maximum Gasteiger partial charge on any atom is 0.254 e. The van der Waals surface area contributed by atoms with Crippen LogP contribution in [0.4, 0.5) is 0 Å². The van der Waals surface area contributed by atoms with Crippen LogP contribution < -0.4 is 0 Å². The van der Waals surface area contributed by atoms with Gasteiger partial charge < -0.3 is 9.80 Å². The van der Waals surface area contributed by atoms with E-state index in [2.05, 4.69) is 15.9 Å². The molecule has 4 nitrogen and oxygen atoms in total. The SMILES string of the molecule is O=C(c1ccc(Br)c(Cl)c1)N1CCN(C(=O)C2CC2)CC1. The summed E-state index contributed by atoms with van der Waals surface area (Å²) in [6.45, 7) is 2.44. The van der Waals surface area contributed by atoms with Crippen LogP contribution in [-0.2, 0) is 4.79 Å². The van der Waals surface area contributed by atoms with Gasteiger partial charge in [-0.15, -0.1) is 0 Å². The highest BCUT2D eigenvalue weighted by molar-refractivity contribution is 9.10. The summed E-state index contributed by atoms with van der Waals surface area (Å²) in [5.74, 6) is 0.481. The summed E-state index contributed by atoms with van der Waals surface area (Å²) in [6, 6.07) is 5.22. The van der Waals surface area contributed by atoms with Crippen molar-refractivity contribution in [3.8, 4) is 0 Å². The Labute approximate surface area is 137 Å². The molecule has 0 bridgehead atoms. The number of benzene rings is 1. The molecule has 1 aromatic carbocycles. The molecule has 112 valence electrons. The Kier molecular flexibility index (Phi) is 4.22. The van der Waals surface area contributed by atoms with Gasteiger partial charge in [-0.1, -0.05) is 11.6 Å². The quantitative estimate of drug-likeness (QED) is 0.802. The fourth-order valence-electron chi connectivity index (χ4n) is 2.53. The lowest BCUT2D eigenvalue weighted by Gasteiger charge is -2.35. The lowest BCUT2D eigenvalue weighted by molar-refractivity contribution is -0.134. The van der Waals surface area contributed by atoms with Crippen LogP contribution in [0, 0.1) is 5.92 Å². The monoisotopic (exact) mass is 370 g/mol. The minimum absolute atomic E-state index is 0.0251. The number of amides is 2. The predicted octanol–water partition coefficient (Wildman–Crippen LogP) is 2.80. The largest absolute Gasteiger partial charge is 0.339 e. The summed E-state index contributed by atoms with van der Waals surface area (Å²) in [7, 11) is 0. The molecule has 0 spiro atoms. The van der Waals surface area contributed by atoms with Crippen molar-refractivity contribution in [3.05, 3.63) is 33.3 Å². The van der Waals surface area contributed by atoms with E-state index < -0.39 is 0 Å². The normalized spacial score (nSPS) is 18.8. The van der Waals surface area contributed by atoms with Crippen molar-refractivity contribution < 1.29 is 9.59 Å². The number of carbonyl (C=O) groups excluding carboxylic acids is 2. The lowest BCUT2D eigenvalue weighted by Crippen LogP contribution is -2.51. The van der Waals surface area contributed by atoms with Crippen molar-refractivity contribution in [1.29, 1.82) is 0 Å².